The van der Waals surface area contributed by atoms with E-state index < -0.39 is 5.97 Å². The van der Waals surface area contributed by atoms with Gasteiger partial charge < -0.3 is 14.8 Å². The number of aromatic carboxylic acids is 1. The summed E-state index contributed by atoms with van der Waals surface area (Å²) in [6.45, 7) is 5.54. The molecule has 0 atom stereocenters. The average Bonchev–Trinajstić information content (AvgIpc) is 2.86. The van der Waals surface area contributed by atoms with E-state index in [0.717, 1.165) is 0 Å². The van der Waals surface area contributed by atoms with E-state index >= 15 is 0 Å². The van der Waals surface area contributed by atoms with Crippen LogP contribution in [0.2, 0.25) is 0 Å². The van der Waals surface area contributed by atoms with Gasteiger partial charge in [-0.25, -0.2) is 14.8 Å². The Hall–Kier alpha value is -2.70. The molecule has 0 bridgehead atoms. The van der Waals surface area contributed by atoms with E-state index in [-0.39, 0.29) is 23.9 Å². The molecule has 7 nitrogen and oxygen atoms in total. The normalized spacial score (nSPS) is 10.7. The summed E-state index contributed by atoms with van der Waals surface area (Å²) in [6, 6.07) is 1.41. The fraction of sp³-hybridized carbons (Fsp3) is 0.333. The molecule has 116 valence electrons. The highest BCUT2D eigenvalue weighted by molar-refractivity contribution is 5.95. The van der Waals surface area contributed by atoms with Gasteiger partial charge >= 0.3 is 5.97 Å². The number of aryl methyl sites for hydroxylation is 1. The Morgan fingerprint density at radius 2 is 2.09 bits per heavy atom. The Labute approximate surface area is 127 Å². The molecule has 0 fully saturated rings. The molecule has 0 saturated heterocycles. The number of furan rings is 1. The summed E-state index contributed by atoms with van der Waals surface area (Å²) >= 11 is 0. The predicted molar refractivity (Wildman–Crippen MR) is 77.7 cm³/mol. The van der Waals surface area contributed by atoms with E-state index in [0.29, 0.717) is 22.8 Å². The van der Waals surface area contributed by atoms with Gasteiger partial charge in [0.15, 0.2) is 0 Å². The summed E-state index contributed by atoms with van der Waals surface area (Å²) in [4.78, 5) is 31.2. The van der Waals surface area contributed by atoms with Crippen molar-refractivity contribution < 1.29 is 19.1 Å². The summed E-state index contributed by atoms with van der Waals surface area (Å²) in [7, 11) is 0. The standard InChI is InChI=1S/C15H17N3O4/c1-8(2)13-12(6-16-7-18-13)14(19)17-5-10-4-11(15(20)21)9(3)22-10/h4,6-8H,5H2,1-3H3,(H,17,19)(H,20,21). The van der Waals surface area contributed by atoms with Gasteiger partial charge in [-0.15, -0.1) is 0 Å². The predicted octanol–water partition coefficient (Wildman–Crippen LogP) is 2.13. The van der Waals surface area contributed by atoms with Crippen LogP contribution in [0.5, 0.6) is 0 Å². The van der Waals surface area contributed by atoms with Crippen LogP contribution in [0.3, 0.4) is 0 Å². The van der Waals surface area contributed by atoms with E-state index in [4.69, 9.17) is 9.52 Å². The van der Waals surface area contributed by atoms with Crippen molar-refractivity contribution in [3.05, 3.63) is 46.9 Å². The number of hydrogen-bond acceptors (Lipinski definition) is 5. The van der Waals surface area contributed by atoms with Crippen molar-refractivity contribution in [1.29, 1.82) is 0 Å². The molecular weight excluding hydrogens is 286 g/mol. The number of nitrogens with one attached hydrogen (secondary N) is 1. The second-order valence-corrected chi connectivity index (χ2v) is 5.15. The first kappa shape index (κ1) is 15.7. The minimum absolute atomic E-state index is 0.0909. The van der Waals surface area contributed by atoms with Crippen LogP contribution >= 0.6 is 0 Å². The highest BCUT2D eigenvalue weighted by Gasteiger charge is 2.17. The van der Waals surface area contributed by atoms with Gasteiger partial charge in [0, 0.05) is 6.20 Å². The summed E-state index contributed by atoms with van der Waals surface area (Å²) in [6.07, 6.45) is 2.87. The van der Waals surface area contributed by atoms with Gasteiger partial charge in [0.05, 0.1) is 17.8 Å². The van der Waals surface area contributed by atoms with Crippen molar-refractivity contribution in [1.82, 2.24) is 15.3 Å². The number of hydrogen-bond donors (Lipinski definition) is 2. The third-order valence-corrected chi connectivity index (χ3v) is 3.16. The number of carbonyl (C=O) groups is 2. The van der Waals surface area contributed by atoms with Gasteiger partial charge in [-0.05, 0) is 18.9 Å². The maximum absolute atomic E-state index is 12.2. The van der Waals surface area contributed by atoms with Gasteiger partial charge in [-0.1, -0.05) is 13.8 Å². The fourth-order valence-electron chi connectivity index (χ4n) is 2.08. The minimum atomic E-state index is -1.06. The highest BCUT2D eigenvalue weighted by Crippen LogP contribution is 2.17. The van der Waals surface area contributed by atoms with Crippen LogP contribution in [0.25, 0.3) is 0 Å². The molecule has 2 aromatic rings. The first-order chi connectivity index (χ1) is 10.4. The molecule has 1 amide bonds. The maximum atomic E-state index is 12.2. The monoisotopic (exact) mass is 303 g/mol. The van der Waals surface area contributed by atoms with Crippen LogP contribution < -0.4 is 5.32 Å². The van der Waals surface area contributed by atoms with Gasteiger partial charge in [-0.3, -0.25) is 4.79 Å². The molecule has 0 radical (unpaired) electrons. The zero-order valence-corrected chi connectivity index (χ0v) is 12.6. The van der Waals surface area contributed by atoms with Gasteiger partial charge in [0.25, 0.3) is 5.91 Å². The van der Waals surface area contributed by atoms with Crippen LogP contribution in [-0.4, -0.2) is 27.0 Å². The highest BCUT2D eigenvalue weighted by atomic mass is 16.4. The van der Waals surface area contributed by atoms with Crippen molar-refractivity contribution >= 4 is 11.9 Å². The fourth-order valence-corrected chi connectivity index (χ4v) is 2.08. The van der Waals surface area contributed by atoms with E-state index in [1.54, 1.807) is 6.92 Å². The van der Waals surface area contributed by atoms with E-state index in [9.17, 15) is 9.59 Å². The van der Waals surface area contributed by atoms with Crippen molar-refractivity contribution in [2.45, 2.75) is 33.2 Å². The van der Waals surface area contributed by atoms with Crippen molar-refractivity contribution in [2.75, 3.05) is 0 Å². The molecule has 0 spiro atoms. The Kier molecular flexibility index (Phi) is 4.55. The van der Waals surface area contributed by atoms with Gasteiger partial charge in [-0.2, -0.15) is 0 Å². The first-order valence-electron chi connectivity index (χ1n) is 6.80. The summed E-state index contributed by atoms with van der Waals surface area (Å²) in [5.41, 5.74) is 1.16. The number of rotatable bonds is 5. The number of carbonyl (C=O) groups excluding carboxylic acids is 1. The summed E-state index contributed by atoms with van der Waals surface area (Å²) in [5.74, 6) is -0.602. The molecule has 0 saturated carbocycles. The number of aromatic nitrogens is 2. The van der Waals surface area contributed by atoms with Crippen LogP contribution in [0, 0.1) is 6.92 Å². The Morgan fingerprint density at radius 3 is 2.68 bits per heavy atom. The molecule has 0 aliphatic heterocycles. The van der Waals surface area contributed by atoms with Crippen molar-refractivity contribution in [2.24, 2.45) is 0 Å². The first-order valence-corrected chi connectivity index (χ1v) is 6.80. The Balaban J connectivity index is 2.11. The molecule has 7 heteroatoms. The Morgan fingerprint density at radius 1 is 1.36 bits per heavy atom. The van der Waals surface area contributed by atoms with Crippen LogP contribution in [0.15, 0.2) is 23.0 Å². The Bertz CT molecular complexity index is 707. The molecule has 0 aliphatic rings. The lowest BCUT2D eigenvalue weighted by Crippen LogP contribution is -2.24. The van der Waals surface area contributed by atoms with E-state index in [1.807, 2.05) is 13.8 Å². The van der Waals surface area contributed by atoms with Crippen molar-refractivity contribution in [3.8, 4) is 0 Å². The van der Waals surface area contributed by atoms with Crippen LogP contribution in [-0.2, 0) is 6.54 Å². The number of nitrogens with zero attached hydrogens (tertiary/aromatic N) is 2. The lowest BCUT2D eigenvalue weighted by molar-refractivity contribution is 0.0694. The third kappa shape index (κ3) is 3.30. The second-order valence-electron chi connectivity index (χ2n) is 5.15. The molecule has 0 unspecified atom stereocenters. The average molecular weight is 303 g/mol. The lowest BCUT2D eigenvalue weighted by Gasteiger charge is -2.10. The molecule has 2 rings (SSSR count). The minimum Gasteiger partial charge on any atom is -0.478 e. The zero-order chi connectivity index (χ0) is 16.3. The van der Waals surface area contributed by atoms with E-state index in [1.165, 1.54) is 18.6 Å². The molecule has 2 aromatic heterocycles. The smallest absolute Gasteiger partial charge is 0.339 e. The van der Waals surface area contributed by atoms with Crippen LogP contribution in [0.1, 0.15) is 57.7 Å². The molecule has 2 heterocycles. The number of carboxylic acids is 1. The van der Waals surface area contributed by atoms with E-state index in [2.05, 4.69) is 15.3 Å². The number of carboxylic acid groups (broad SMARTS) is 1. The molecule has 0 aliphatic carbocycles. The van der Waals surface area contributed by atoms with Gasteiger partial charge in [0.2, 0.25) is 0 Å². The largest absolute Gasteiger partial charge is 0.478 e. The van der Waals surface area contributed by atoms with Gasteiger partial charge in [0.1, 0.15) is 23.4 Å². The third-order valence-electron chi connectivity index (χ3n) is 3.16. The second kappa shape index (κ2) is 6.38. The molecule has 22 heavy (non-hydrogen) atoms. The van der Waals surface area contributed by atoms with Crippen molar-refractivity contribution in [3.63, 3.8) is 0 Å². The maximum Gasteiger partial charge on any atom is 0.339 e. The zero-order valence-electron chi connectivity index (χ0n) is 12.6. The SMILES string of the molecule is Cc1oc(CNC(=O)c2cncnc2C(C)C)cc1C(=O)O. The summed E-state index contributed by atoms with van der Waals surface area (Å²) in [5, 5.41) is 11.7. The van der Waals surface area contributed by atoms with Crippen LogP contribution in [0.4, 0.5) is 0 Å². The molecular formula is C15H17N3O4. The molecule has 0 aromatic carbocycles. The summed E-state index contributed by atoms with van der Waals surface area (Å²) < 4.78 is 5.31. The topological polar surface area (TPSA) is 105 Å². The number of amides is 1. The molecule has 2 N–H and O–H groups in total. The quantitative estimate of drug-likeness (QED) is 0.876. The lowest BCUT2D eigenvalue weighted by atomic mass is 10.0.